The molecule has 2 saturated heterocycles. The summed E-state index contributed by atoms with van der Waals surface area (Å²) in [6, 6.07) is 6.61. The molecule has 29 heavy (non-hydrogen) atoms. The lowest BCUT2D eigenvalue weighted by atomic mass is 9.85. The number of phenolic OH excluding ortho intramolecular Hbond substituents is 1. The predicted molar refractivity (Wildman–Crippen MR) is 103 cm³/mol. The van der Waals surface area contributed by atoms with Crippen molar-refractivity contribution in [2.75, 3.05) is 47.0 Å². The van der Waals surface area contributed by atoms with Gasteiger partial charge in [0.25, 0.3) is 5.91 Å². The van der Waals surface area contributed by atoms with Crippen LogP contribution in [0.4, 0.5) is 4.79 Å². The van der Waals surface area contributed by atoms with Gasteiger partial charge in [0, 0.05) is 33.3 Å². The predicted octanol–water partition coefficient (Wildman–Crippen LogP) is 0.810. The van der Waals surface area contributed by atoms with Crippen molar-refractivity contribution in [2.24, 2.45) is 0 Å². The molecule has 158 valence electrons. The summed E-state index contributed by atoms with van der Waals surface area (Å²) >= 11 is 0. The maximum absolute atomic E-state index is 13.2. The van der Waals surface area contributed by atoms with Gasteiger partial charge in [0.1, 0.15) is 17.8 Å². The van der Waals surface area contributed by atoms with E-state index in [9.17, 15) is 19.5 Å². The number of ether oxygens (including phenoxy) is 2. The smallest absolute Gasteiger partial charge is 0.328 e. The maximum atomic E-state index is 13.2. The Morgan fingerprint density at radius 3 is 2.55 bits per heavy atom. The van der Waals surface area contributed by atoms with Crippen LogP contribution in [0.1, 0.15) is 18.4 Å². The standard InChI is InChI=1S/C20H27N3O6/c1-28-11-10-23-19(27)22(14-17(25)29-2)18(26)20(23)6-8-21(9-7-20)13-15-4-3-5-16(24)12-15/h3-5,12,24H,6-11,13-14H2,1-2H3. The van der Waals surface area contributed by atoms with Crippen LogP contribution in [0.5, 0.6) is 5.75 Å². The second kappa shape index (κ2) is 8.79. The van der Waals surface area contributed by atoms with Crippen molar-refractivity contribution >= 4 is 17.9 Å². The van der Waals surface area contributed by atoms with E-state index in [0.29, 0.717) is 39.1 Å². The van der Waals surface area contributed by atoms with Gasteiger partial charge < -0.3 is 19.5 Å². The lowest BCUT2D eigenvalue weighted by Crippen LogP contribution is -2.57. The van der Waals surface area contributed by atoms with Crippen molar-refractivity contribution in [3.63, 3.8) is 0 Å². The molecule has 9 nitrogen and oxygen atoms in total. The van der Waals surface area contributed by atoms with Gasteiger partial charge in [0.2, 0.25) is 0 Å². The Morgan fingerprint density at radius 2 is 1.93 bits per heavy atom. The summed E-state index contributed by atoms with van der Waals surface area (Å²) in [5, 5.41) is 9.65. The lowest BCUT2D eigenvalue weighted by Gasteiger charge is -2.42. The molecule has 0 aromatic heterocycles. The molecular weight excluding hydrogens is 378 g/mol. The third-order valence-corrected chi connectivity index (χ3v) is 5.66. The number of rotatable bonds is 7. The number of likely N-dealkylation sites (tertiary alicyclic amines) is 1. The van der Waals surface area contributed by atoms with Gasteiger partial charge in [-0.25, -0.2) is 4.79 Å². The van der Waals surface area contributed by atoms with Gasteiger partial charge in [-0.1, -0.05) is 12.1 Å². The zero-order chi connectivity index (χ0) is 21.0. The number of nitrogens with zero attached hydrogens (tertiary/aromatic N) is 3. The highest BCUT2D eigenvalue weighted by Gasteiger charge is 2.58. The van der Waals surface area contributed by atoms with E-state index in [1.165, 1.54) is 7.11 Å². The fourth-order valence-corrected chi connectivity index (χ4v) is 4.09. The van der Waals surface area contributed by atoms with E-state index >= 15 is 0 Å². The molecule has 2 heterocycles. The first kappa shape index (κ1) is 21.1. The Bertz CT molecular complexity index is 775. The van der Waals surface area contributed by atoms with Gasteiger partial charge >= 0.3 is 12.0 Å². The van der Waals surface area contributed by atoms with Crippen LogP contribution in [0.15, 0.2) is 24.3 Å². The second-order valence-corrected chi connectivity index (χ2v) is 7.37. The van der Waals surface area contributed by atoms with Gasteiger partial charge in [-0.05, 0) is 30.5 Å². The molecule has 0 bridgehead atoms. The number of carbonyl (C=O) groups is 3. The van der Waals surface area contributed by atoms with Crippen LogP contribution in [0.3, 0.4) is 0 Å². The number of methoxy groups -OCH3 is 2. The average molecular weight is 405 g/mol. The minimum absolute atomic E-state index is 0.219. The van der Waals surface area contributed by atoms with Crippen molar-refractivity contribution in [1.82, 2.24) is 14.7 Å². The summed E-state index contributed by atoms with van der Waals surface area (Å²) in [7, 11) is 2.77. The highest BCUT2D eigenvalue weighted by molar-refractivity contribution is 6.08. The number of piperidine rings is 1. The zero-order valence-corrected chi connectivity index (χ0v) is 16.8. The van der Waals surface area contributed by atoms with Crippen LogP contribution in [-0.4, -0.2) is 90.3 Å². The molecule has 0 atom stereocenters. The molecule has 3 rings (SSSR count). The van der Waals surface area contributed by atoms with E-state index in [1.54, 1.807) is 30.2 Å². The fraction of sp³-hybridized carbons (Fsp3) is 0.550. The first-order valence-corrected chi connectivity index (χ1v) is 9.61. The topological polar surface area (TPSA) is 99.6 Å². The minimum Gasteiger partial charge on any atom is -0.508 e. The Labute approximate surface area is 169 Å². The van der Waals surface area contributed by atoms with Crippen molar-refractivity contribution in [2.45, 2.75) is 24.9 Å². The molecule has 0 aliphatic carbocycles. The van der Waals surface area contributed by atoms with Crippen LogP contribution < -0.4 is 0 Å². The molecule has 1 spiro atoms. The number of hydrogen-bond acceptors (Lipinski definition) is 7. The third kappa shape index (κ3) is 4.20. The van der Waals surface area contributed by atoms with Crippen LogP contribution in [0.25, 0.3) is 0 Å². The maximum Gasteiger partial charge on any atom is 0.328 e. The molecule has 2 aliphatic heterocycles. The van der Waals surface area contributed by atoms with Crippen molar-refractivity contribution in [3.05, 3.63) is 29.8 Å². The molecule has 9 heteroatoms. The van der Waals surface area contributed by atoms with E-state index in [1.807, 2.05) is 6.07 Å². The Morgan fingerprint density at radius 1 is 1.21 bits per heavy atom. The molecule has 2 aliphatic rings. The van der Waals surface area contributed by atoms with Crippen LogP contribution in [0, 0.1) is 0 Å². The van der Waals surface area contributed by atoms with Gasteiger partial charge in [-0.2, -0.15) is 0 Å². The van der Waals surface area contributed by atoms with E-state index in [2.05, 4.69) is 9.64 Å². The SMILES string of the molecule is COCCN1C(=O)N(CC(=O)OC)C(=O)C12CCN(Cc1cccc(O)c1)CC2. The van der Waals surface area contributed by atoms with E-state index in [-0.39, 0.29) is 24.7 Å². The molecule has 0 unspecified atom stereocenters. The van der Waals surface area contributed by atoms with Crippen molar-refractivity contribution < 1.29 is 29.0 Å². The van der Waals surface area contributed by atoms with Crippen molar-refractivity contribution in [3.8, 4) is 5.75 Å². The van der Waals surface area contributed by atoms with Gasteiger partial charge in [-0.15, -0.1) is 0 Å². The van der Waals surface area contributed by atoms with Crippen LogP contribution >= 0.6 is 0 Å². The zero-order valence-electron chi connectivity index (χ0n) is 16.8. The lowest BCUT2D eigenvalue weighted by molar-refractivity contribution is -0.146. The summed E-state index contributed by atoms with van der Waals surface area (Å²) in [6.07, 6.45) is 0.940. The summed E-state index contributed by atoms with van der Waals surface area (Å²) in [6.45, 7) is 2.09. The average Bonchev–Trinajstić information content (AvgIpc) is 2.89. The van der Waals surface area contributed by atoms with Crippen LogP contribution in [-0.2, 0) is 25.6 Å². The quantitative estimate of drug-likeness (QED) is 0.529. The number of imide groups is 1. The third-order valence-electron chi connectivity index (χ3n) is 5.66. The number of esters is 1. The Hall–Kier alpha value is -2.65. The number of urea groups is 1. The number of carbonyl (C=O) groups excluding carboxylic acids is 3. The highest BCUT2D eigenvalue weighted by atomic mass is 16.5. The summed E-state index contributed by atoms with van der Waals surface area (Å²) < 4.78 is 9.76. The van der Waals surface area contributed by atoms with Gasteiger partial charge in [-0.3, -0.25) is 19.4 Å². The highest BCUT2D eigenvalue weighted by Crippen LogP contribution is 2.37. The summed E-state index contributed by atoms with van der Waals surface area (Å²) in [5.41, 5.74) is 0.0252. The molecule has 1 aromatic carbocycles. The first-order chi connectivity index (χ1) is 13.9. The molecule has 2 fully saturated rings. The van der Waals surface area contributed by atoms with Crippen molar-refractivity contribution in [1.29, 1.82) is 0 Å². The molecular formula is C20H27N3O6. The number of aromatic hydroxyl groups is 1. The Kier molecular flexibility index (Phi) is 6.39. The minimum atomic E-state index is -0.959. The van der Waals surface area contributed by atoms with Gasteiger partial charge in [0.15, 0.2) is 0 Å². The second-order valence-electron chi connectivity index (χ2n) is 7.37. The molecule has 3 amide bonds. The Balaban J connectivity index is 1.74. The van der Waals surface area contributed by atoms with Crippen LogP contribution in [0.2, 0.25) is 0 Å². The fourth-order valence-electron chi connectivity index (χ4n) is 4.09. The van der Waals surface area contributed by atoms with E-state index < -0.39 is 17.5 Å². The molecule has 0 saturated carbocycles. The molecule has 0 radical (unpaired) electrons. The summed E-state index contributed by atoms with van der Waals surface area (Å²) in [4.78, 5) is 42.5. The van der Waals surface area contributed by atoms with E-state index in [0.717, 1.165) is 10.5 Å². The molecule has 1 N–H and O–H groups in total. The molecule has 1 aromatic rings. The van der Waals surface area contributed by atoms with Gasteiger partial charge in [0.05, 0.1) is 13.7 Å². The number of phenols is 1. The first-order valence-electron chi connectivity index (χ1n) is 9.61. The summed E-state index contributed by atoms with van der Waals surface area (Å²) in [5.74, 6) is -0.755. The normalized spacial score (nSPS) is 19.2. The monoisotopic (exact) mass is 405 g/mol. The number of hydrogen-bond donors (Lipinski definition) is 1. The van der Waals surface area contributed by atoms with E-state index in [4.69, 9.17) is 4.74 Å². The number of benzene rings is 1. The number of amides is 3. The largest absolute Gasteiger partial charge is 0.508 e.